The lowest BCUT2D eigenvalue weighted by Gasteiger charge is -2.28. The van der Waals surface area contributed by atoms with Gasteiger partial charge < -0.3 is 15.1 Å². The van der Waals surface area contributed by atoms with E-state index < -0.39 is 0 Å². The van der Waals surface area contributed by atoms with Gasteiger partial charge in [0.05, 0.1) is 6.04 Å². The predicted octanol–water partition coefficient (Wildman–Crippen LogP) is 2.74. The maximum absolute atomic E-state index is 13.5. The molecule has 1 N–H and O–H groups in total. The second-order valence-electron chi connectivity index (χ2n) is 5.74. The smallest absolute Gasteiger partial charge is 0.193 e. The summed E-state index contributed by atoms with van der Waals surface area (Å²) in [5.41, 5.74) is 0.962. The van der Waals surface area contributed by atoms with Gasteiger partial charge in [-0.3, -0.25) is 4.99 Å². The minimum atomic E-state index is -0.200. The van der Waals surface area contributed by atoms with Crippen molar-refractivity contribution in [2.75, 3.05) is 41.3 Å². The number of halogens is 1. The van der Waals surface area contributed by atoms with Crippen LogP contribution in [0, 0.1) is 5.82 Å². The van der Waals surface area contributed by atoms with Crippen LogP contribution < -0.4 is 5.32 Å². The molecule has 0 saturated carbocycles. The molecule has 0 aliphatic heterocycles. The summed E-state index contributed by atoms with van der Waals surface area (Å²) >= 11 is 0. The van der Waals surface area contributed by atoms with Crippen LogP contribution >= 0.6 is 0 Å². The standard InChI is InChI=1S/C17H29FN4/c1-6-7-11-22(5)17(19-2)20-13-16(21(3)4)14-9-8-10-15(18)12-14/h8-10,12,16H,6-7,11,13H2,1-5H3,(H,19,20). The van der Waals surface area contributed by atoms with Crippen molar-refractivity contribution < 1.29 is 4.39 Å². The molecule has 124 valence electrons. The molecule has 0 heterocycles. The molecule has 1 rings (SSSR count). The van der Waals surface area contributed by atoms with E-state index >= 15 is 0 Å². The first kappa shape index (κ1) is 18.4. The van der Waals surface area contributed by atoms with Crippen molar-refractivity contribution in [3.05, 3.63) is 35.6 Å². The second kappa shape index (κ2) is 9.41. The molecule has 4 nitrogen and oxygen atoms in total. The molecule has 1 atom stereocenters. The normalized spacial score (nSPS) is 13.3. The molecule has 1 aromatic rings. The van der Waals surface area contributed by atoms with E-state index in [9.17, 15) is 4.39 Å². The minimum absolute atomic E-state index is 0.0898. The maximum Gasteiger partial charge on any atom is 0.193 e. The van der Waals surface area contributed by atoms with Crippen LogP contribution in [-0.4, -0.2) is 57.0 Å². The molecule has 0 aromatic heterocycles. The Labute approximate surface area is 134 Å². The van der Waals surface area contributed by atoms with E-state index in [1.54, 1.807) is 19.2 Å². The maximum atomic E-state index is 13.5. The molecule has 5 heteroatoms. The van der Waals surface area contributed by atoms with Gasteiger partial charge in [-0.05, 0) is 38.2 Å². The number of aliphatic imine (C=N–C) groups is 1. The molecule has 0 aliphatic carbocycles. The van der Waals surface area contributed by atoms with E-state index in [2.05, 4.69) is 27.0 Å². The van der Waals surface area contributed by atoms with Crippen LogP contribution in [0.5, 0.6) is 0 Å². The van der Waals surface area contributed by atoms with Crippen LogP contribution in [0.25, 0.3) is 0 Å². The summed E-state index contributed by atoms with van der Waals surface area (Å²) in [6.07, 6.45) is 2.29. The lowest BCUT2D eigenvalue weighted by atomic mass is 10.1. The minimum Gasteiger partial charge on any atom is -0.354 e. The topological polar surface area (TPSA) is 30.9 Å². The largest absolute Gasteiger partial charge is 0.354 e. The molecule has 1 aromatic carbocycles. The third-order valence-electron chi connectivity index (χ3n) is 3.73. The fraction of sp³-hybridized carbons (Fsp3) is 0.588. The van der Waals surface area contributed by atoms with Crippen LogP contribution in [0.4, 0.5) is 4.39 Å². The van der Waals surface area contributed by atoms with Crippen LogP contribution in [0.2, 0.25) is 0 Å². The van der Waals surface area contributed by atoms with Crippen molar-refractivity contribution in [3.8, 4) is 0 Å². The van der Waals surface area contributed by atoms with E-state index in [1.807, 2.05) is 27.2 Å². The molecule has 0 aliphatic rings. The van der Waals surface area contributed by atoms with E-state index in [0.29, 0.717) is 6.54 Å². The Balaban J connectivity index is 2.71. The first-order chi connectivity index (χ1) is 10.5. The molecular formula is C17H29FN4. The zero-order valence-electron chi connectivity index (χ0n) is 14.4. The van der Waals surface area contributed by atoms with Crippen molar-refractivity contribution in [1.29, 1.82) is 0 Å². The van der Waals surface area contributed by atoms with Gasteiger partial charge in [0, 0.05) is 27.2 Å². The van der Waals surface area contributed by atoms with E-state index in [4.69, 9.17) is 0 Å². The van der Waals surface area contributed by atoms with Crippen molar-refractivity contribution in [3.63, 3.8) is 0 Å². The van der Waals surface area contributed by atoms with Gasteiger partial charge >= 0.3 is 0 Å². The number of nitrogens with one attached hydrogen (secondary N) is 1. The summed E-state index contributed by atoms with van der Waals surface area (Å²) in [4.78, 5) is 8.53. The highest BCUT2D eigenvalue weighted by Crippen LogP contribution is 2.18. The van der Waals surface area contributed by atoms with Gasteiger partial charge in [-0.25, -0.2) is 4.39 Å². The molecular weight excluding hydrogens is 279 g/mol. The molecule has 1 unspecified atom stereocenters. The van der Waals surface area contributed by atoms with Crippen LogP contribution in [0.3, 0.4) is 0 Å². The second-order valence-corrected chi connectivity index (χ2v) is 5.74. The van der Waals surface area contributed by atoms with Gasteiger partial charge in [0.25, 0.3) is 0 Å². The Morgan fingerprint density at radius 2 is 2.05 bits per heavy atom. The number of hydrogen-bond acceptors (Lipinski definition) is 2. The summed E-state index contributed by atoms with van der Waals surface area (Å²) in [7, 11) is 7.83. The molecule has 0 spiro atoms. The summed E-state index contributed by atoms with van der Waals surface area (Å²) in [6, 6.07) is 6.87. The number of nitrogens with zero attached hydrogens (tertiary/aromatic N) is 3. The quantitative estimate of drug-likeness (QED) is 0.621. The molecule has 0 bridgehead atoms. The Bertz CT molecular complexity index is 473. The number of benzene rings is 1. The van der Waals surface area contributed by atoms with Crippen molar-refractivity contribution in [2.45, 2.75) is 25.8 Å². The van der Waals surface area contributed by atoms with E-state index in [-0.39, 0.29) is 11.9 Å². The van der Waals surface area contributed by atoms with Crippen LogP contribution in [-0.2, 0) is 0 Å². The molecule has 0 amide bonds. The monoisotopic (exact) mass is 308 g/mol. The summed E-state index contributed by atoms with van der Waals surface area (Å²) in [5, 5.41) is 3.39. The van der Waals surface area contributed by atoms with Gasteiger partial charge in [0.15, 0.2) is 5.96 Å². The van der Waals surface area contributed by atoms with Gasteiger partial charge in [0.1, 0.15) is 5.82 Å². The fourth-order valence-corrected chi connectivity index (χ4v) is 2.39. The number of guanidine groups is 1. The lowest BCUT2D eigenvalue weighted by molar-refractivity contribution is 0.294. The van der Waals surface area contributed by atoms with E-state index in [1.165, 1.54) is 6.07 Å². The number of likely N-dealkylation sites (N-methyl/N-ethyl adjacent to an activating group) is 1. The summed E-state index contributed by atoms with van der Waals surface area (Å²) < 4.78 is 13.5. The highest BCUT2D eigenvalue weighted by atomic mass is 19.1. The Hall–Kier alpha value is -1.62. The van der Waals surface area contributed by atoms with Gasteiger partial charge in [-0.2, -0.15) is 0 Å². The average Bonchev–Trinajstić information content (AvgIpc) is 2.48. The third-order valence-corrected chi connectivity index (χ3v) is 3.73. The Kier molecular flexibility index (Phi) is 7.88. The average molecular weight is 308 g/mol. The first-order valence-electron chi connectivity index (χ1n) is 7.83. The highest BCUT2D eigenvalue weighted by molar-refractivity contribution is 5.79. The number of hydrogen-bond donors (Lipinski definition) is 1. The summed E-state index contributed by atoms with van der Waals surface area (Å²) in [5.74, 6) is 0.672. The molecule has 0 saturated heterocycles. The van der Waals surface area contributed by atoms with Gasteiger partial charge in [-0.1, -0.05) is 25.5 Å². The SMILES string of the molecule is CCCCN(C)C(=NC)NCC(c1cccc(F)c1)N(C)C. The molecule has 22 heavy (non-hydrogen) atoms. The van der Waals surface area contributed by atoms with Crippen LogP contribution in [0.15, 0.2) is 29.3 Å². The number of rotatable bonds is 7. The van der Waals surface area contributed by atoms with E-state index in [0.717, 1.165) is 30.9 Å². The fourth-order valence-electron chi connectivity index (χ4n) is 2.39. The number of unbranched alkanes of at least 4 members (excludes halogenated alkanes) is 1. The third kappa shape index (κ3) is 5.64. The van der Waals surface area contributed by atoms with Gasteiger partial charge in [-0.15, -0.1) is 0 Å². The predicted molar refractivity (Wildman–Crippen MR) is 91.7 cm³/mol. The highest BCUT2D eigenvalue weighted by Gasteiger charge is 2.16. The van der Waals surface area contributed by atoms with Crippen molar-refractivity contribution in [1.82, 2.24) is 15.1 Å². The van der Waals surface area contributed by atoms with Gasteiger partial charge in [0.2, 0.25) is 0 Å². The summed E-state index contributed by atoms with van der Waals surface area (Å²) in [6.45, 7) is 3.83. The van der Waals surface area contributed by atoms with Crippen LogP contribution in [0.1, 0.15) is 31.4 Å². The Morgan fingerprint density at radius 1 is 1.32 bits per heavy atom. The Morgan fingerprint density at radius 3 is 2.59 bits per heavy atom. The molecule has 0 fully saturated rings. The zero-order valence-corrected chi connectivity index (χ0v) is 14.4. The molecule has 0 radical (unpaired) electrons. The van der Waals surface area contributed by atoms with Crippen molar-refractivity contribution >= 4 is 5.96 Å². The first-order valence-corrected chi connectivity index (χ1v) is 7.83. The zero-order chi connectivity index (χ0) is 16.5. The lowest BCUT2D eigenvalue weighted by Crippen LogP contribution is -2.43. The van der Waals surface area contributed by atoms with Crippen molar-refractivity contribution in [2.24, 2.45) is 4.99 Å².